The van der Waals surface area contributed by atoms with Gasteiger partial charge in [0, 0.05) is 42.6 Å². The molecule has 1 spiro atoms. The van der Waals surface area contributed by atoms with Crippen LogP contribution in [0.5, 0.6) is 0 Å². The maximum atomic E-state index is 13.7. The van der Waals surface area contributed by atoms with E-state index in [2.05, 4.69) is 15.6 Å². The molecule has 6 nitrogen and oxygen atoms in total. The summed E-state index contributed by atoms with van der Waals surface area (Å²) in [6, 6.07) is 9.98. The number of amides is 2. The van der Waals surface area contributed by atoms with Gasteiger partial charge in [0.15, 0.2) is 0 Å². The zero-order valence-electron chi connectivity index (χ0n) is 15.9. The molecule has 0 saturated carbocycles. The number of halogens is 3. The molecule has 2 heterocycles. The predicted octanol–water partition coefficient (Wildman–Crippen LogP) is 2.97. The number of benzene rings is 2. The highest BCUT2D eigenvalue weighted by atomic mass is 35.5. The van der Waals surface area contributed by atoms with Gasteiger partial charge in [0.1, 0.15) is 23.0 Å². The molecule has 1 saturated heterocycles. The molecule has 2 N–H and O–H groups in total. The minimum absolute atomic E-state index is 0.0612. The molecule has 30 heavy (non-hydrogen) atoms. The highest BCUT2D eigenvalue weighted by Crippen LogP contribution is 2.29. The topological polar surface area (TPSA) is 73.8 Å². The van der Waals surface area contributed by atoms with E-state index in [0.717, 1.165) is 12.1 Å². The van der Waals surface area contributed by atoms with Crippen LogP contribution in [-0.4, -0.2) is 47.7 Å². The summed E-state index contributed by atoms with van der Waals surface area (Å²) in [7, 11) is 0. The van der Waals surface area contributed by atoms with Gasteiger partial charge in [-0.3, -0.25) is 19.5 Å². The summed E-state index contributed by atoms with van der Waals surface area (Å²) in [5, 5.41) is 5.95. The van der Waals surface area contributed by atoms with Crippen molar-refractivity contribution in [3.05, 3.63) is 64.7 Å². The zero-order valence-corrected chi connectivity index (χ0v) is 16.7. The monoisotopic (exact) mass is 432 g/mol. The second kappa shape index (κ2) is 8.12. The fourth-order valence-corrected chi connectivity index (χ4v) is 3.89. The fraction of sp³-hybridized carbons (Fsp3) is 0.286. The van der Waals surface area contributed by atoms with Crippen LogP contribution in [0, 0.1) is 11.6 Å². The molecule has 2 aromatic rings. The largest absolute Gasteiger partial charge is 0.326 e. The fourth-order valence-electron chi connectivity index (χ4n) is 3.70. The lowest BCUT2D eigenvalue weighted by molar-refractivity contribution is -0.119. The molecule has 156 valence electrons. The number of aliphatic imine (C=N–C) groups is 1. The van der Waals surface area contributed by atoms with E-state index in [-0.39, 0.29) is 18.1 Å². The number of rotatable bonds is 4. The average molecular weight is 433 g/mol. The van der Waals surface area contributed by atoms with Crippen LogP contribution in [0.15, 0.2) is 47.5 Å². The van der Waals surface area contributed by atoms with E-state index in [1.165, 1.54) is 6.07 Å². The molecular formula is C21H19ClF2N4O2. The summed E-state index contributed by atoms with van der Waals surface area (Å²) in [6.07, 6.45) is 1.09. The van der Waals surface area contributed by atoms with Crippen LogP contribution < -0.4 is 10.6 Å². The van der Waals surface area contributed by atoms with Gasteiger partial charge in [-0.15, -0.1) is 0 Å². The van der Waals surface area contributed by atoms with E-state index in [9.17, 15) is 18.4 Å². The van der Waals surface area contributed by atoms with Crippen molar-refractivity contribution in [1.82, 2.24) is 10.2 Å². The second-order valence-electron chi connectivity index (χ2n) is 7.40. The first-order valence-electron chi connectivity index (χ1n) is 9.49. The third-order valence-electron chi connectivity index (χ3n) is 5.24. The zero-order chi connectivity index (χ0) is 21.3. The lowest BCUT2D eigenvalue weighted by atomic mass is 9.98. The van der Waals surface area contributed by atoms with Crippen LogP contribution in [-0.2, 0) is 9.59 Å². The normalized spacial score (nSPS) is 18.2. The molecule has 0 radical (unpaired) electrons. The van der Waals surface area contributed by atoms with Gasteiger partial charge in [-0.25, -0.2) is 8.78 Å². The van der Waals surface area contributed by atoms with Crippen LogP contribution in [0.2, 0.25) is 5.02 Å². The molecule has 2 amide bonds. The molecule has 0 aliphatic carbocycles. The Kier molecular flexibility index (Phi) is 5.53. The van der Waals surface area contributed by atoms with Crippen molar-refractivity contribution in [1.29, 1.82) is 0 Å². The van der Waals surface area contributed by atoms with Crippen molar-refractivity contribution in [2.75, 3.05) is 25.0 Å². The van der Waals surface area contributed by atoms with E-state index >= 15 is 0 Å². The van der Waals surface area contributed by atoms with Gasteiger partial charge in [0.25, 0.3) is 5.91 Å². The number of hydrogen-bond acceptors (Lipinski definition) is 4. The maximum absolute atomic E-state index is 13.7. The first-order chi connectivity index (χ1) is 14.3. The molecule has 0 aromatic heterocycles. The predicted molar refractivity (Wildman–Crippen MR) is 110 cm³/mol. The SMILES string of the molecule is O=C(CN1CCC2(CC1)N=C(c1cccc(Cl)c1)C(=O)N2)Nc1ccc(F)cc1F. The van der Waals surface area contributed by atoms with E-state index < -0.39 is 23.2 Å². The number of piperidine rings is 1. The highest BCUT2D eigenvalue weighted by Gasteiger charge is 2.42. The summed E-state index contributed by atoms with van der Waals surface area (Å²) >= 11 is 6.02. The molecule has 2 aliphatic heterocycles. The Bertz CT molecular complexity index is 1040. The van der Waals surface area contributed by atoms with E-state index in [1.54, 1.807) is 24.3 Å². The number of nitrogens with zero attached hydrogens (tertiary/aromatic N) is 2. The van der Waals surface area contributed by atoms with Gasteiger partial charge in [0.05, 0.1) is 12.2 Å². The Balaban J connectivity index is 1.36. The lowest BCUT2D eigenvalue weighted by Crippen LogP contribution is -2.52. The van der Waals surface area contributed by atoms with E-state index in [1.807, 2.05) is 4.90 Å². The van der Waals surface area contributed by atoms with Crippen molar-refractivity contribution in [3.63, 3.8) is 0 Å². The quantitative estimate of drug-likeness (QED) is 0.780. The molecule has 0 atom stereocenters. The van der Waals surface area contributed by atoms with Gasteiger partial charge in [0.2, 0.25) is 5.91 Å². The van der Waals surface area contributed by atoms with Gasteiger partial charge in [-0.2, -0.15) is 0 Å². The maximum Gasteiger partial charge on any atom is 0.272 e. The number of carbonyl (C=O) groups excluding carboxylic acids is 2. The summed E-state index contributed by atoms with van der Waals surface area (Å²) in [5.74, 6) is -2.16. The summed E-state index contributed by atoms with van der Waals surface area (Å²) in [4.78, 5) is 31.2. The van der Waals surface area contributed by atoms with Gasteiger partial charge in [-0.1, -0.05) is 23.7 Å². The second-order valence-corrected chi connectivity index (χ2v) is 7.84. The third kappa shape index (κ3) is 4.34. The highest BCUT2D eigenvalue weighted by molar-refractivity contribution is 6.47. The molecule has 4 rings (SSSR count). The summed E-state index contributed by atoms with van der Waals surface area (Å²) < 4.78 is 26.7. The number of likely N-dealkylation sites (tertiary alicyclic amines) is 1. The Morgan fingerprint density at radius 2 is 1.97 bits per heavy atom. The molecule has 1 fully saturated rings. The van der Waals surface area contributed by atoms with Crippen LogP contribution in [0.4, 0.5) is 14.5 Å². The summed E-state index contributed by atoms with van der Waals surface area (Å²) in [5.41, 5.74) is 0.273. The first-order valence-corrected chi connectivity index (χ1v) is 9.87. The average Bonchev–Trinajstić information content (AvgIpc) is 3.02. The molecule has 9 heteroatoms. The number of hydrogen-bond donors (Lipinski definition) is 2. The van der Waals surface area contributed by atoms with Crippen molar-refractivity contribution >= 4 is 34.8 Å². The molecule has 2 aliphatic rings. The summed E-state index contributed by atoms with van der Waals surface area (Å²) in [6.45, 7) is 1.13. The van der Waals surface area contributed by atoms with E-state index in [0.29, 0.717) is 42.2 Å². The van der Waals surface area contributed by atoms with Crippen molar-refractivity contribution < 1.29 is 18.4 Å². The van der Waals surface area contributed by atoms with Crippen LogP contribution in [0.3, 0.4) is 0 Å². The van der Waals surface area contributed by atoms with Crippen molar-refractivity contribution in [2.24, 2.45) is 4.99 Å². The molecular weight excluding hydrogens is 414 g/mol. The Labute approximate surface area is 176 Å². The minimum atomic E-state index is -0.822. The van der Waals surface area contributed by atoms with Crippen molar-refractivity contribution in [3.8, 4) is 0 Å². The first kappa shape index (κ1) is 20.4. The van der Waals surface area contributed by atoms with Gasteiger partial charge >= 0.3 is 0 Å². The Morgan fingerprint density at radius 3 is 2.67 bits per heavy atom. The molecule has 0 unspecified atom stereocenters. The lowest BCUT2D eigenvalue weighted by Gasteiger charge is -2.36. The number of carbonyl (C=O) groups is 2. The Morgan fingerprint density at radius 1 is 1.20 bits per heavy atom. The smallest absolute Gasteiger partial charge is 0.272 e. The minimum Gasteiger partial charge on any atom is -0.326 e. The van der Waals surface area contributed by atoms with Gasteiger partial charge in [-0.05, 0) is 24.3 Å². The van der Waals surface area contributed by atoms with Crippen LogP contribution >= 0.6 is 11.6 Å². The molecule has 2 aromatic carbocycles. The van der Waals surface area contributed by atoms with Crippen LogP contribution in [0.25, 0.3) is 0 Å². The number of anilines is 1. The third-order valence-corrected chi connectivity index (χ3v) is 5.48. The standard InChI is InChI=1S/C21H19ClF2N4O2/c22-14-3-1-2-13(10-14)19-20(30)27-21(26-19)6-8-28(9-7-21)12-18(29)25-17-5-4-15(23)11-16(17)24/h1-5,10-11H,6-9,12H2,(H,25,29)(H,27,30). The van der Waals surface area contributed by atoms with Crippen molar-refractivity contribution in [2.45, 2.75) is 18.5 Å². The number of nitrogens with one attached hydrogen (secondary N) is 2. The van der Waals surface area contributed by atoms with Crippen LogP contribution in [0.1, 0.15) is 18.4 Å². The van der Waals surface area contributed by atoms with E-state index in [4.69, 9.17) is 11.6 Å². The van der Waals surface area contributed by atoms with Gasteiger partial charge < -0.3 is 10.6 Å². The Hall–Kier alpha value is -2.84. The molecule has 0 bridgehead atoms.